The van der Waals surface area contributed by atoms with E-state index < -0.39 is 12.0 Å². The standard InChI is InChI=1S/C10H17ClN2O3/c1-4-8(3)13(6-9(14)15)10(16)12-5-7(2)11/h8H,2,4-6H2,1,3H3,(H,12,16)(H,14,15). The molecule has 0 aromatic heterocycles. The largest absolute Gasteiger partial charge is 0.480 e. The first kappa shape index (κ1) is 14.8. The van der Waals surface area contributed by atoms with Crippen molar-refractivity contribution in [1.82, 2.24) is 10.2 Å². The van der Waals surface area contributed by atoms with E-state index in [1.54, 1.807) is 6.92 Å². The third-order valence-corrected chi connectivity index (χ3v) is 2.25. The van der Waals surface area contributed by atoms with Crippen LogP contribution in [0.25, 0.3) is 0 Å². The number of carbonyl (C=O) groups is 2. The second kappa shape index (κ2) is 7.11. The van der Waals surface area contributed by atoms with Crippen LogP contribution in [0.2, 0.25) is 0 Å². The fourth-order valence-corrected chi connectivity index (χ4v) is 1.13. The maximum atomic E-state index is 11.6. The van der Waals surface area contributed by atoms with E-state index in [9.17, 15) is 9.59 Å². The molecule has 1 atom stereocenters. The van der Waals surface area contributed by atoms with Crippen LogP contribution in [0.15, 0.2) is 11.6 Å². The summed E-state index contributed by atoms with van der Waals surface area (Å²) in [4.78, 5) is 23.5. The fraction of sp³-hybridized carbons (Fsp3) is 0.600. The molecule has 0 spiro atoms. The molecule has 0 aliphatic rings. The van der Waals surface area contributed by atoms with Crippen LogP contribution in [0.4, 0.5) is 4.79 Å². The highest BCUT2D eigenvalue weighted by molar-refractivity contribution is 6.29. The van der Waals surface area contributed by atoms with E-state index in [2.05, 4.69) is 11.9 Å². The van der Waals surface area contributed by atoms with Crippen LogP contribution in [0.5, 0.6) is 0 Å². The predicted octanol–water partition coefficient (Wildman–Crippen LogP) is 1.63. The van der Waals surface area contributed by atoms with E-state index in [1.165, 1.54) is 4.90 Å². The van der Waals surface area contributed by atoms with Crippen LogP contribution in [0.3, 0.4) is 0 Å². The lowest BCUT2D eigenvalue weighted by Crippen LogP contribution is -2.47. The van der Waals surface area contributed by atoms with Gasteiger partial charge in [0.2, 0.25) is 0 Å². The summed E-state index contributed by atoms with van der Waals surface area (Å²) < 4.78 is 0. The van der Waals surface area contributed by atoms with Crippen molar-refractivity contribution in [3.63, 3.8) is 0 Å². The number of aliphatic carboxylic acids is 1. The molecule has 16 heavy (non-hydrogen) atoms. The van der Waals surface area contributed by atoms with E-state index in [-0.39, 0.29) is 19.1 Å². The maximum Gasteiger partial charge on any atom is 0.323 e. The molecule has 0 saturated heterocycles. The van der Waals surface area contributed by atoms with Crippen molar-refractivity contribution in [1.29, 1.82) is 0 Å². The molecule has 2 amide bonds. The van der Waals surface area contributed by atoms with E-state index in [1.807, 2.05) is 6.92 Å². The summed E-state index contributed by atoms with van der Waals surface area (Å²) in [5, 5.41) is 11.5. The van der Waals surface area contributed by atoms with Crippen molar-refractivity contribution in [2.75, 3.05) is 13.1 Å². The summed E-state index contributed by atoms with van der Waals surface area (Å²) in [7, 11) is 0. The Hall–Kier alpha value is -1.23. The van der Waals surface area contributed by atoms with Gasteiger partial charge in [0.15, 0.2) is 0 Å². The number of nitrogens with zero attached hydrogens (tertiary/aromatic N) is 1. The number of carboxylic acids is 1. The third kappa shape index (κ3) is 5.60. The number of urea groups is 1. The second-order valence-corrected chi connectivity index (χ2v) is 3.99. The van der Waals surface area contributed by atoms with Gasteiger partial charge in [-0.15, -0.1) is 0 Å². The zero-order chi connectivity index (χ0) is 12.7. The lowest BCUT2D eigenvalue weighted by atomic mass is 10.2. The molecular formula is C10H17ClN2O3. The van der Waals surface area contributed by atoms with E-state index in [4.69, 9.17) is 16.7 Å². The summed E-state index contributed by atoms with van der Waals surface area (Å²) in [6, 6.07) is -0.585. The molecule has 0 aliphatic carbocycles. The Balaban J connectivity index is 4.43. The molecule has 2 N–H and O–H groups in total. The van der Waals surface area contributed by atoms with Gasteiger partial charge in [0.25, 0.3) is 0 Å². The van der Waals surface area contributed by atoms with Gasteiger partial charge in [-0.1, -0.05) is 25.1 Å². The quantitative estimate of drug-likeness (QED) is 0.751. The first-order chi connectivity index (χ1) is 7.38. The smallest absolute Gasteiger partial charge is 0.323 e. The first-order valence-electron chi connectivity index (χ1n) is 4.98. The average molecular weight is 249 g/mol. The van der Waals surface area contributed by atoms with Crippen molar-refractivity contribution in [3.05, 3.63) is 11.6 Å². The van der Waals surface area contributed by atoms with Gasteiger partial charge >= 0.3 is 12.0 Å². The van der Waals surface area contributed by atoms with Crippen LogP contribution in [-0.2, 0) is 4.79 Å². The number of rotatable bonds is 6. The topological polar surface area (TPSA) is 69.6 Å². The first-order valence-corrected chi connectivity index (χ1v) is 5.35. The molecule has 0 fully saturated rings. The third-order valence-electron chi connectivity index (χ3n) is 2.12. The summed E-state index contributed by atoms with van der Waals surface area (Å²) in [5.41, 5.74) is 0. The molecular weight excluding hydrogens is 232 g/mol. The van der Waals surface area contributed by atoms with Crippen LogP contribution in [0, 0.1) is 0 Å². The Bertz CT molecular complexity index is 281. The molecule has 0 bridgehead atoms. The number of halogens is 1. The zero-order valence-corrected chi connectivity index (χ0v) is 10.3. The minimum absolute atomic E-state index is 0.132. The zero-order valence-electron chi connectivity index (χ0n) is 9.49. The SMILES string of the molecule is C=C(Cl)CNC(=O)N(CC(=O)O)C(C)CC. The highest BCUT2D eigenvalue weighted by Crippen LogP contribution is 2.04. The Labute approximate surface area is 100 Å². The van der Waals surface area contributed by atoms with Gasteiger partial charge < -0.3 is 15.3 Å². The summed E-state index contributed by atoms with van der Waals surface area (Å²) in [6.45, 7) is 6.91. The molecule has 6 heteroatoms. The molecule has 5 nitrogen and oxygen atoms in total. The average Bonchev–Trinajstić information content (AvgIpc) is 2.21. The highest BCUT2D eigenvalue weighted by atomic mass is 35.5. The Morgan fingerprint density at radius 2 is 2.12 bits per heavy atom. The number of carboxylic acid groups (broad SMARTS) is 1. The van der Waals surface area contributed by atoms with Crippen molar-refractivity contribution in [2.45, 2.75) is 26.3 Å². The van der Waals surface area contributed by atoms with Gasteiger partial charge in [-0.25, -0.2) is 4.79 Å². The van der Waals surface area contributed by atoms with Crippen LogP contribution in [-0.4, -0.2) is 41.1 Å². The Morgan fingerprint density at radius 1 is 1.56 bits per heavy atom. The van der Waals surface area contributed by atoms with Gasteiger partial charge in [0.1, 0.15) is 6.54 Å². The summed E-state index contributed by atoms with van der Waals surface area (Å²) in [6.07, 6.45) is 0.683. The van der Waals surface area contributed by atoms with Crippen molar-refractivity contribution >= 4 is 23.6 Å². The molecule has 0 rings (SSSR count). The normalized spacial score (nSPS) is 11.7. The Morgan fingerprint density at radius 3 is 2.50 bits per heavy atom. The Kier molecular flexibility index (Phi) is 6.56. The van der Waals surface area contributed by atoms with E-state index in [0.717, 1.165) is 0 Å². The predicted molar refractivity (Wildman–Crippen MR) is 62.5 cm³/mol. The van der Waals surface area contributed by atoms with Gasteiger partial charge in [-0.2, -0.15) is 0 Å². The van der Waals surface area contributed by atoms with Crippen LogP contribution >= 0.6 is 11.6 Å². The molecule has 92 valence electrons. The number of amides is 2. The second-order valence-electron chi connectivity index (χ2n) is 3.45. The number of nitrogens with one attached hydrogen (secondary N) is 1. The fourth-order valence-electron chi connectivity index (χ4n) is 1.07. The number of hydrogen-bond acceptors (Lipinski definition) is 2. The monoisotopic (exact) mass is 248 g/mol. The molecule has 0 radical (unpaired) electrons. The van der Waals surface area contributed by atoms with Gasteiger partial charge in [0.05, 0.1) is 6.54 Å². The molecule has 0 aliphatic heterocycles. The summed E-state index contributed by atoms with van der Waals surface area (Å²) >= 11 is 5.50. The molecule has 0 saturated carbocycles. The maximum absolute atomic E-state index is 11.6. The van der Waals surface area contributed by atoms with E-state index >= 15 is 0 Å². The number of hydrogen-bond donors (Lipinski definition) is 2. The van der Waals surface area contributed by atoms with Gasteiger partial charge in [-0.3, -0.25) is 4.79 Å². The van der Waals surface area contributed by atoms with Crippen molar-refractivity contribution in [3.8, 4) is 0 Å². The molecule has 0 heterocycles. The molecule has 0 aromatic rings. The number of carbonyl (C=O) groups excluding carboxylic acids is 1. The van der Waals surface area contributed by atoms with Crippen LogP contribution in [0.1, 0.15) is 20.3 Å². The molecule has 1 unspecified atom stereocenters. The van der Waals surface area contributed by atoms with Crippen molar-refractivity contribution < 1.29 is 14.7 Å². The van der Waals surface area contributed by atoms with Crippen molar-refractivity contribution in [2.24, 2.45) is 0 Å². The minimum Gasteiger partial charge on any atom is -0.480 e. The molecule has 0 aromatic carbocycles. The van der Waals surface area contributed by atoms with Crippen LogP contribution < -0.4 is 5.32 Å². The van der Waals surface area contributed by atoms with Gasteiger partial charge in [-0.05, 0) is 13.3 Å². The minimum atomic E-state index is -1.04. The van der Waals surface area contributed by atoms with Gasteiger partial charge in [0, 0.05) is 11.1 Å². The lowest BCUT2D eigenvalue weighted by Gasteiger charge is -2.26. The summed E-state index contributed by atoms with van der Waals surface area (Å²) in [5.74, 6) is -1.04. The lowest BCUT2D eigenvalue weighted by molar-refractivity contribution is -0.138. The highest BCUT2D eigenvalue weighted by Gasteiger charge is 2.20. The van der Waals surface area contributed by atoms with E-state index in [0.29, 0.717) is 11.5 Å².